The molecule has 0 atom stereocenters. The van der Waals surface area contributed by atoms with Crippen LogP contribution in [0.5, 0.6) is 0 Å². The SMILES string of the molecule is CCOC(=O)NCNC. The van der Waals surface area contributed by atoms with Crippen molar-refractivity contribution in [1.82, 2.24) is 10.6 Å². The Morgan fingerprint density at radius 3 is 2.78 bits per heavy atom. The predicted molar refractivity (Wildman–Crippen MR) is 34.1 cm³/mol. The van der Waals surface area contributed by atoms with Crippen LogP contribution in [0, 0.1) is 0 Å². The third kappa shape index (κ3) is 5.10. The van der Waals surface area contributed by atoms with Gasteiger partial charge >= 0.3 is 6.09 Å². The number of nitrogens with one attached hydrogen (secondary N) is 2. The van der Waals surface area contributed by atoms with E-state index in [0.717, 1.165) is 0 Å². The summed E-state index contributed by atoms with van der Waals surface area (Å²) >= 11 is 0. The van der Waals surface area contributed by atoms with Crippen molar-refractivity contribution < 1.29 is 9.53 Å². The Hall–Kier alpha value is -0.770. The third-order valence-corrected chi connectivity index (χ3v) is 0.685. The molecule has 0 heterocycles. The normalized spacial score (nSPS) is 8.67. The Morgan fingerprint density at radius 2 is 2.33 bits per heavy atom. The lowest BCUT2D eigenvalue weighted by Crippen LogP contribution is -2.32. The summed E-state index contributed by atoms with van der Waals surface area (Å²) in [6, 6.07) is 0. The summed E-state index contributed by atoms with van der Waals surface area (Å²) in [5, 5.41) is 5.21. The molecule has 2 N–H and O–H groups in total. The molecule has 4 nitrogen and oxygen atoms in total. The van der Waals surface area contributed by atoms with Gasteiger partial charge < -0.3 is 15.4 Å². The summed E-state index contributed by atoms with van der Waals surface area (Å²) in [7, 11) is 1.74. The number of alkyl carbamates (subject to hydrolysis) is 1. The lowest BCUT2D eigenvalue weighted by atomic mass is 10.8. The number of hydrogen-bond donors (Lipinski definition) is 2. The summed E-state index contributed by atoms with van der Waals surface area (Å²) in [5.74, 6) is 0. The van der Waals surface area contributed by atoms with Gasteiger partial charge in [0.2, 0.25) is 0 Å². The molecule has 9 heavy (non-hydrogen) atoms. The van der Waals surface area contributed by atoms with Gasteiger partial charge in [0.05, 0.1) is 13.3 Å². The van der Waals surface area contributed by atoms with Crippen LogP contribution in [0.4, 0.5) is 4.79 Å². The van der Waals surface area contributed by atoms with E-state index in [1.165, 1.54) is 0 Å². The summed E-state index contributed by atoms with van der Waals surface area (Å²) in [5.41, 5.74) is 0. The lowest BCUT2D eigenvalue weighted by molar-refractivity contribution is 0.151. The van der Waals surface area contributed by atoms with Gasteiger partial charge in [-0.3, -0.25) is 0 Å². The van der Waals surface area contributed by atoms with Crippen LogP contribution in [0.3, 0.4) is 0 Å². The monoisotopic (exact) mass is 132 g/mol. The Balaban J connectivity index is 3.06. The molecular formula is C5H12N2O2. The molecular weight excluding hydrogens is 120 g/mol. The predicted octanol–water partition coefficient (Wildman–Crippen LogP) is -0.0906. The highest BCUT2D eigenvalue weighted by molar-refractivity contribution is 5.66. The van der Waals surface area contributed by atoms with Crippen molar-refractivity contribution >= 4 is 6.09 Å². The molecule has 0 aliphatic heterocycles. The molecule has 0 aromatic heterocycles. The van der Waals surface area contributed by atoms with Gasteiger partial charge in [-0.25, -0.2) is 4.79 Å². The van der Waals surface area contributed by atoms with E-state index in [0.29, 0.717) is 13.3 Å². The quantitative estimate of drug-likeness (QED) is 0.527. The van der Waals surface area contributed by atoms with Gasteiger partial charge in [-0.05, 0) is 14.0 Å². The first-order valence-corrected chi connectivity index (χ1v) is 2.86. The lowest BCUT2D eigenvalue weighted by Gasteiger charge is -2.02. The van der Waals surface area contributed by atoms with Crippen LogP contribution < -0.4 is 10.6 Å². The number of ether oxygens (including phenoxy) is 1. The number of rotatable bonds is 3. The van der Waals surface area contributed by atoms with E-state index in [9.17, 15) is 4.79 Å². The smallest absolute Gasteiger partial charge is 0.408 e. The zero-order valence-electron chi connectivity index (χ0n) is 5.73. The maximum Gasteiger partial charge on any atom is 0.408 e. The minimum Gasteiger partial charge on any atom is -0.450 e. The fourth-order valence-corrected chi connectivity index (χ4v) is 0.343. The zero-order chi connectivity index (χ0) is 7.11. The number of carbonyl (C=O) groups excluding carboxylic acids is 1. The van der Waals surface area contributed by atoms with E-state index in [4.69, 9.17) is 0 Å². The molecule has 0 aromatic carbocycles. The fraction of sp³-hybridized carbons (Fsp3) is 0.800. The first-order chi connectivity index (χ1) is 4.31. The van der Waals surface area contributed by atoms with Crippen LogP contribution >= 0.6 is 0 Å². The summed E-state index contributed by atoms with van der Waals surface area (Å²) in [6.45, 7) is 2.62. The average molecular weight is 132 g/mol. The van der Waals surface area contributed by atoms with Crippen molar-refractivity contribution in [2.24, 2.45) is 0 Å². The van der Waals surface area contributed by atoms with Crippen LogP contribution in [0.25, 0.3) is 0 Å². The maximum atomic E-state index is 10.4. The van der Waals surface area contributed by atoms with E-state index in [2.05, 4.69) is 15.4 Å². The minimum atomic E-state index is -0.383. The topological polar surface area (TPSA) is 50.4 Å². The molecule has 0 rings (SSSR count). The molecule has 0 fully saturated rings. The third-order valence-electron chi connectivity index (χ3n) is 0.685. The van der Waals surface area contributed by atoms with Crippen LogP contribution in [0.2, 0.25) is 0 Å². The van der Waals surface area contributed by atoms with Gasteiger partial charge in [0.15, 0.2) is 0 Å². The van der Waals surface area contributed by atoms with Crippen LogP contribution in [-0.4, -0.2) is 26.4 Å². The Labute approximate surface area is 54.6 Å². The molecule has 0 unspecified atom stereocenters. The summed E-state index contributed by atoms with van der Waals surface area (Å²) in [4.78, 5) is 10.4. The largest absolute Gasteiger partial charge is 0.450 e. The molecule has 0 saturated heterocycles. The summed E-state index contributed by atoms with van der Waals surface area (Å²) < 4.78 is 4.55. The van der Waals surface area contributed by atoms with E-state index in [1.54, 1.807) is 14.0 Å². The number of hydrogen-bond acceptors (Lipinski definition) is 3. The zero-order valence-corrected chi connectivity index (χ0v) is 5.73. The van der Waals surface area contributed by atoms with E-state index < -0.39 is 0 Å². The van der Waals surface area contributed by atoms with Crippen LogP contribution in [0.15, 0.2) is 0 Å². The molecule has 0 saturated carbocycles. The van der Waals surface area contributed by atoms with Gasteiger partial charge in [0.1, 0.15) is 0 Å². The van der Waals surface area contributed by atoms with Crippen molar-refractivity contribution in [3.05, 3.63) is 0 Å². The van der Waals surface area contributed by atoms with Gasteiger partial charge in [0, 0.05) is 0 Å². The highest BCUT2D eigenvalue weighted by Gasteiger charge is 1.94. The standard InChI is InChI=1S/C5H12N2O2/c1-3-9-5(8)7-4-6-2/h6H,3-4H2,1-2H3,(H,7,8). The van der Waals surface area contributed by atoms with Crippen LogP contribution in [0.1, 0.15) is 6.92 Å². The molecule has 0 aliphatic carbocycles. The molecule has 0 aromatic rings. The minimum absolute atomic E-state index is 0.383. The Kier molecular flexibility index (Phi) is 4.91. The first kappa shape index (κ1) is 8.23. The number of amides is 1. The second-order valence-electron chi connectivity index (χ2n) is 1.43. The van der Waals surface area contributed by atoms with Gasteiger partial charge in [-0.2, -0.15) is 0 Å². The Morgan fingerprint density at radius 1 is 1.67 bits per heavy atom. The van der Waals surface area contributed by atoms with Crippen molar-refractivity contribution in [3.8, 4) is 0 Å². The van der Waals surface area contributed by atoms with Gasteiger partial charge in [0.25, 0.3) is 0 Å². The van der Waals surface area contributed by atoms with E-state index in [-0.39, 0.29) is 6.09 Å². The van der Waals surface area contributed by atoms with E-state index >= 15 is 0 Å². The molecule has 0 bridgehead atoms. The number of carbonyl (C=O) groups is 1. The first-order valence-electron chi connectivity index (χ1n) is 2.86. The highest BCUT2D eigenvalue weighted by Crippen LogP contribution is 1.72. The van der Waals surface area contributed by atoms with Crippen molar-refractivity contribution in [2.45, 2.75) is 6.92 Å². The average Bonchev–Trinajstić information content (AvgIpc) is 1.85. The maximum absolute atomic E-state index is 10.4. The molecule has 54 valence electrons. The second kappa shape index (κ2) is 5.37. The highest BCUT2D eigenvalue weighted by atomic mass is 16.5. The molecule has 4 heteroatoms. The molecule has 0 spiro atoms. The molecule has 0 aliphatic rings. The molecule has 1 amide bonds. The second-order valence-corrected chi connectivity index (χ2v) is 1.43. The van der Waals surface area contributed by atoms with Crippen molar-refractivity contribution in [1.29, 1.82) is 0 Å². The van der Waals surface area contributed by atoms with Gasteiger partial charge in [-0.15, -0.1) is 0 Å². The molecule has 0 radical (unpaired) electrons. The van der Waals surface area contributed by atoms with E-state index in [1.807, 2.05) is 0 Å². The fourth-order valence-electron chi connectivity index (χ4n) is 0.343. The van der Waals surface area contributed by atoms with Gasteiger partial charge in [-0.1, -0.05) is 0 Å². The Bertz CT molecular complexity index is 85.0. The van der Waals surface area contributed by atoms with Crippen molar-refractivity contribution in [3.63, 3.8) is 0 Å². The van der Waals surface area contributed by atoms with Crippen LogP contribution in [-0.2, 0) is 4.74 Å². The summed E-state index contributed by atoms with van der Waals surface area (Å²) in [6.07, 6.45) is -0.383. The van der Waals surface area contributed by atoms with Crippen molar-refractivity contribution in [2.75, 3.05) is 20.3 Å².